The molecule has 3 atom stereocenters. The monoisotopic (exact) mass is 453 g/mol. The highest BCUT2D eigenvalue weighted by Gasteiger charge is 2.30. The van der Waals surface area contributed by atoms with E-state index in [0.29, 0.717) is 24.3 Å². The molecule has 0 spiro atoms. The molecule has 6 heteroatoms. The first kappa shape index (κ1) is 24.0. The SMILES string of the molecule is COC(=O)c1ccc(C#CCN2C(=O)CC[C@@H]2CC[C@@H](O)[C@@H](C)CCc2ccccc2)s1. The molecule has 1 aliphatic heterocycles. The van der Waals surface area contributed by atoms with Gasteiger partial charge in [0.1, 0.15) is 4.88 Å². The number of aryl methyl sites for hydroxylation is 1. The van der Waals surface area contributed by atoms with Crippen molar-refractivity contribution in [2.24, 2.45) is 5.92 Å². The average Bonchev–Trinajstić information content (AvgIpc) is 3.43. The lowest BCUT2D eigenvalue weighted by atomic mass is 9.92. The molecule has 0 unspecified atom stereocenters. The highest BCUT2D eigenvalue weighted by atomic mass is 32.1. The van der Waals surface area contributed by atoms with E-state index in [1.165, 1.54) is 24.0 Å². The molecule has 1 fully saturated rings. The molecule has 2 aromatic rings. The zero-order valence-corrected chi connectivity index (χ0v) is 19.6. The Bertz CT molecular complexity index is 959. The van der Waals surface area contributed by atoms with Crippen LogP contribution in [0, 0.1) is 17.8 Å². The lowest BCUT2D eigenvalue weighted by Crippen LogP contribution is -2.34. The summed E-state index contributed by atoms with van der Waals surface area (Å²) in [6.45, 7) is 2.47. The molecule has 1 saturated heterocycles. The maximum atomic E-state index is 12.3. The molecule has 3 rings (SSSR count). The molecule has 5 nitrogen and oxygen atoms in total. The van der Waals surface area contributed by atoms with E-state index in [4.69, 9.17) is 4.74 Å². The number of hydrogen-bond donors (Lipinski definition) is 1. The maximum absolute atomic E-state index is 12.3. The maximum Gasteiger partial charge on any atom is 0.348 e. The van der Waals surface area contributed by atoms with Crippen LogP contribution in [0.2, 0.25) is 0 Å². The van der Waals surface area contributed by atoms with Crippen molar-refractivity contribution < 1.29 is 19.4 Å². The number of benzene rings is 1. The molecule has 1 N–H and O–H groups in total. The second kappa shape index (κ2) is 11.8. The van der Waals surface area contributed by atoms with Crippen molar-refractivity contribution in [2.45, 2.75) is 57.6 Å². The Morgan fingerprint density at radius 1 is 1.25 bits per heavy atom. The summed E-state index contributed by atoms with van der Waals surface area (Å²) >= 11 is 1.29. The van der Waals surface area contributed by atoms with Gasteiger partial charge in [0.25, 0.3) is 0 Å². The fraction of sp³-hybridized carbons (Fsp3) is 0.462. The average molecular weight is 454 g/mol. The van der Waals surface area contributed by atoms with E-state index < -0.39 is 0 Å². The topological polar surface area (TPSA) is 66.8 Å². The van der Waals surface area contributed by atoms with E-state index in [2.05, 4.69) is 30.9 Å². The number of amides is 1. The van der Waals surface area contributed by atoms with Crippen LogP contribution in [0.4, 0.5) is 0 Å². The van der Waals surface area contributed by atoms with Gasteiger partial charge < -0.3 is 14.7 Å². The molecule has 1 aliphatic rings. The summed E-state index contributed by atoms with van der Waals surface area (Å²) in [7, 11) is 1.35. The summed E-state index contributed by atoms with van der Waals surface area (Å²) in [5.74, 6) is 6.09. The van der Waals surface area contributed by atoms with Crippen molar-refractivity contribution in [3.63, 3.8) is 0 Å². The smallest absolute Gasteiger partial charge is 0.348 e. The predicted molar refractivity (Wildman–Crippen MR) is 126 cm³/mol. The van der Waals surface area contributed by atoms with Gasteiger partial charge in [0.2, 0.25) is 5.91 Å². The first-order chi connectivity index (χ1) is 15.5. The van der Waals surface area contributed by atoms with Gasteiger partial charge >= 0.3 is 5.97 Å². The van der Waals surface area contributed by atoms with Crippen LogP contribution in [0.15, 0.2) is 42.5 Å². The van der Waals surface area contributed by atoms with Crippen LogP contribution in [0.3, 0.4) is 0 Å². The van der Waals surface area contributed by atoms with Gasteiger partial charge in [0, 0.05) is 12.5 Å². The lowest BCUT2D eigenvalue weighted by Gasteiger charge is -2.25. The van der Waals surface area contributed by atoms with Gasteiger partial charge in [-0.1, -0.05) is 49.1 Å². The zero-order valence-electron chi connectivity index (χ0n) is 18.8. The van der Waals surface area contributed by atoms with Gasteiger partial charge in [-0.15, -0.1) is 11.3 Å². The van der Waals surface area contributed by atoms with Crippen molar-refractivity contribution in [2.75, 3.05) is 13.7 Å². The van der Waals surface area contributed by atoms with Crippen LogP contribution < -0.4 is 0 Å². The van der Waals surface area contributed by atoms with E-state index in [1.807, 2.05) is 23.1 Å². The number of rotatable bonds is 9. The number of ether oxygens (including phenoxy) is 1. The number of carbonyl (C=O) groups excluding carboxylic acids is 2. The van der Waals surface area contributed by atoms with Crippen molar-refractivity contribution >= 4 is 23.2 Å². The number of thiophene rings is 1. The quantitative estimate of drug-likeness (QED) is 0.454. The van der Waals surface area contributed by atoms with Crippen LogP contribution in [-0.4, -0.2) is 47.7 Å². The fourth-order valence-corrected chi connectivity index (χ4v) is 4.82. The summed E-state index contributed by atoms with van der Waals surface area (Å²) in [6.07, 6.45) is 4.36. The third-order valence-corrected chi connectivity index (χ3v) is 7.07. The fourth-order valence-electron chi connectivity index (χ4n) is 4.02. The standard InChI is InChI=1S/C26H31NO4S/c1-19(10-11-20-7-4-3-5-8-20)23(28)15-12-21-13-17-25(29)27(21)18-6-9-22-14-16-24(32-22)26(30)31-2/h3-5,7-8,14,16,19,21,23,28H,10-13,15,17-18H2,1-2H3/t19-,21-,23+/m0/s1. The number of carbonyl (C=O) groups is 2. The van der Waals surface area contributed by atoms with E-state index in [0.717, 1.165) is 30.6 Å². The number of hydrogen-bond acceptors (Lipinski definition) is 5. The molecule has 0 radical (unpaired) electrons. The molecule has 1 aromatic carbocycles. The molecule has 0 aliphatic carbocycles. The Balaban J connectivity index is 1.47. The van der Waals surface area contributed by atoms with Gasteiger partial charge in [-0.2, -0.15) is 0 Å². The number of nitrogens with zero attached hydrogens (tertiary/aromatic N) is 1. The van der Waals surface area contributed by atoms with Crippen LogP contribution in [-0.2, 0) is 16.0 Å². The molecule has 0 bridgehead atoms. The molecule has 2 heterocycles. The summed E-state index contributed by atoms with van der Waals surface area (Å²) in [6, 6.07) is 14.0. The number of methoxy groups -OCH3 is 1. The van der Waals surface area contributed by atoms with Crippen LogP contribution in [0.5, 0.6) is 0 Å². The molecular formula is C26H31NO4S. The van der Waals surface area contributed by atoms with Gasteiger partial charge in [-0.3, -0.25) is 4.79 Å². The van der Waals surface area contributed by atoms with Gasteiger partial charge in [-0.25, -0.2) is 4.79 Å². The lowest BCUT2D eigenvalue weighted by molar-refractivity contribution is -0.128. The zero-order chi connectivity index (χ0) is 22.9. The molecule has 32 heavy (non-hydrogen) atoms. The van der Waals surface area contributed by atoms with Gasteiger partial charge in [0.15, 0.2) is 0 Å². The van der Waals surface area contributed by atoms with Crippen molar-refractivity contribution in [3.8, 4) is 11.8 Å². The largest absolute Gasteiger partial charge is 0.465 e. The third-order valence-electron chi connectivity index (χ3n) is 6.09. The van der Waals surface area contributed by atoms with Crippen LogP contribution in [0.1, 0.15) is 59.1 Å². The van der Waals surface area contributed by atoms with Crippen molar-refractivity contribution in [1.29, 1.82) is 0 Å². The summed E-state index contributed by atoms with van der Waals surface area (Å²) < 4.78 is 4.71. The first-order valence-electron chi connectivity index (χ1n) is 11.2. The van der Waals surface area contributed by atoms with E-state index in [9.17, 15) is 14.7 Å². The summed E-state index contributed by atoms with van der Waals surface area (Å²) in [4.78, 5) is 27.0. The Morgan fingerprint density at radius 3 is 2.78 bits per heavy atom. The van der Waals surface area contributed by atoms with Crippen LogP contribution in [0.25, 0.3) is 0 Å². The second-order valence-corrected chi connectivity index (χ2v) is 9.40. The second-order valence-electron chi connectivity index (χ2n) is 8.32. The summed E-state index contributed by atoms with van der Waals surface area (Å²) in [5.41, 5.74) is 1.29. The van der Waals surface area contributed by atoms with E-state index >= 15 is 0 Å². The van der Waals surface area contributed by atoms with E-state index in [1.54, 1.807) is 12.1 Å². The minimum atomic E-state index is -0.370. The minimum absolute atomic E-state index is 0.123. The van der Waals surface area contributed by atoms with Gasteiger partial charge in [-0.05, 0) is 55.7 Å². The molecule has 1 aromatic heterocycles. The predicted octanol–water partition coefficient (Wildman–Crippen LogP) is 4.29. The number of esters is 1. The van der Waals surface area contributed by atoms with E-state index in [-0.39, 0.29) is 29.9 Å². The molecule has 170 valence electrons. The van der Waals surface area contributed by atoms with Crippen LogP contribution >= 0.6 is 11.3 Å². The molecular weight excluding hydrogens is 422 g/mol. The first-order valence-corrected chi connectivity index (χ1v) is 12.0. The third kappa shape index (κ3) is 6.69. The Hall–Kier alpha value is -2.62. The number of aliphatic hydroxyl groups is 1. The summed E-state index contributed by atoms with van der Waals surface area (Å²) in [5, 5.41) is 10.6. The number of likely N-dealkylation sites (tertiary alicyclic amines) is 1. The van der Waals surface area contributed by atoms with Crippen molar-refractivity contribution in [1.82, 2.24) is 4.90 Å². The highest BCUT2D eigenvalue weighted by Crippen LogP contribution is 2.25. The normalized spacial score (nSPS) is 17.5. The Kier molecular flexibility index (Phi) is 8.90. The Morgan fingerprint density at radius 2 is 2.03 bits per heavy atom. The molecule has 1 amide bonds. The van der Waals surface area contributed by atoms with Crippen molar-refractivity contribution in [3.05, 3.63) is 57.8 Å². The molecule has 0 saturated carbocycles. The minimum Gasteiger partial charge on any atom is -0.465 e. The number of aliphatic hydroxyl groups excluding tert-OH is 1. The Labute approximate surface area is 194 Å². The van der Waals surface area contributed by atoms with Gasteiger partial charge in [0.05, 0.1) is 24.6 Å². The highest BCUT2D eigenvalue weighted by molar-refractivity contribution is 7.14.